The molecule has 0 fully saturated rings. The first-order valence-electron chi connectivity index (χ1n) is 12.1. The number of aliphatic carboxylic acids is 1. The fraction of sp³-hybridized carbons (Fsp3) is 0.241. The summed E-state index contributed by atoms with van der Waals surface area (Å²) < 4.78 is 58.4. The Labute approximate surface area is 233 Å². The van der Waals surface area contributed by atoms with Crippen LogP contribution in [-0.2, 0) is 4.79 Å². The van der Waals surface area contributed by atoms with E-state index >= 15 is 0 Å². The van der Waals surface area contributed by atoms with Crippen LogP contribution in [-0.4, -0.2) is 35.1 Å². The molecule has 210 valence electrons. The highest BCUT2D eigenvalue weighted by molar-refractivity contribution is 6.33. The maximum Gasteiger partial charge on any atom is 0.573 e. The van der Waals surface area contributed by atoms with Crippen LogP contribution in [0.5, 0.6) is 28.7 Å². The number of fused-ring (bicyclic) bond motifs is 1. The van der Waals surface area contributed by atoms with Gasteiger partial charge in [0.05, 0.1) is 17.6 Å². The molecule has 7 nitrogen and oxygen atoms in total. The molecule has 1 aromatic heterocycles. The van der Waals surface area contributed by atoms with Gasteiger partial charge in [-0.05, 0) is 68.3 Å². The molecule has 0 saturated carbocycles. The van der Waals surface area contributed by atoms with E-state index in [1.807, 2.05) is 0 Å². The lowest BCUT2D eigenvalue weighted by atomic mass is 9.98. The third-order valence-corrected chi connectivity index (χ3v) is 6.58. The van der Waals surface area contributed by atoms with Crippen LogP contribution in [0.1, 0.15) is 26.0 Å². The van der Waals surface area contributed by atoms with Gasteiger partial charge < -0.3 is 24.1 Å². The summed E-state index contributed by atoms with van der Waals surface area (Å²) in [6, 6.07) is 15.1. The average molecular weight is 576 g/mol. The molecule has 4 rings (SSSR count). The van der Waals surface area contributed by atoms with E-state index in [9.17, 15) is 23.1 Å². The van der Waals surface area contributed by atoms with E-state index in [0.29, 0.717) is 55.7 Å². The molecule has 4 aromatic rings. The van der Waals surface area contributed by atoms with Crippen molar-refractivity contribution in [3.8, 4) is 39.9 Å². The largest absolute Gasteiger partial charge is 0.573 e. The van der Waals surface area contributed by atoms with Gasteiger partial charge in [0.25, 0.3) is 0 Å². The van der Waals surface area contributed by atoms with Crippen molar-refractivity contribution >= 4 is 28.5 Å². The van der Waals surface area contributed by atoms with Crippen LogP contribution < -0.4 is 18.9 Å². The van der Waals surface area contributed by atoms with Gasteiger partial charge >= 0.3 is 12.3 Å². The highest BCUT2D eigenvalue weighted by Crippen LogP contribution is 2.43. The van der Waals surface area contributed by atoms with Gasteiger partial charge in [-0.25, -0.2) is 4.79 Å². The topological polar surface area (TPSA) is 87.1 Å². The quantitative estimate of drug-likeness (QED) is 0.215. The summed E-state index contributed by atoms with van der Waals surface area (Å²) in [7, 11) is 1.48. The monoisotopic (exact) mass is 575 g/mol. The normalized spacial score (nSPS) is 13.0. The summed E-state index contributed by atoms with van der Waals surface area (Å²) in [6.07, 6.45) is -4.60. The molecule has 0 aliphatic rings. The highest BCUT2D eigenvalue weighted by atomic mass is 35.5. The zero-order valence-electron chi connectivity index (χ0n) is 21.9. The fourth-order valence-electron chi connectivity index (χ4n) is 3.98. The Hall–Kier alpha value is -4.18. The van der Waals surface area contributed by atoms with Gasteiger partial charge in [0.15, 0.2) is 0 Å². The maximum atomic E-state index is 12.4. The molecule has 11 heteroatoms. The second-order valence-corrected chi connectivity index (χ2v) is 9.45. The molecule has 0 amide bonds. The smallest absolute Gasteiger partial charge is 0.495 e. The van der Waals surface area contributed by atoms with Crippen LogP contribution in [0.25, 0.3) is 22.0 Å². The minimum absolute atomic E-state index is 0.189. The Morgan fingerprint density at radius 2 is 1.55 bits per heavy atom. The molecule has 0 bridgehead atoms. The molecule has 3 aromatic carbocycles. The number of nitrogens with zero attached hydrogens (tertiary/aromatic N) is 1. The fourth-order valence-corrected chi connectivity index (χ4v) is 4.22. The van der Waals surface area contributed by atoms with Gasteiger partial charge in [0.2, 0.25) is 5.60 Å². The van der Waals surface area contributed by atoms with Gasteiger partial charge in [0.1, 0.15) is 28.7 Å². The molecule has 40 heavy (non-hydrogen) atoms. The van der Waals surface area contributed by atoms with Gasteiger partial charge in [-0.3, -0.25) is 4.98 Å². The molecule has 0 saturated heterocycles. The summed E-state index contributed by atoms with van der Waals surface area (Å²) >= 11 is 6.42. The second-order valence-electron chi connectivity index (χ2n) is 9.04. The van der Waals surface area contributed by atoms with Crippen LogP contribution in [0, 0.1) is 6.92 Å². The Morgan fingerprint density at radius 3 is 2.08 bits per heavy atom. The second kappa shape index (κ2) is 11.1. The number of aryl methyl sites for hydroxylation is 1. The zero-order chi connectivity index (χ0) is 29.2. The molecule has 0 spiro atoms. The molecule has 0 aliphatic heterocycles. The number of benzene rings is 3. The maximum absolute atomic E-state index is 12.4. The number of methoxy groups -OCH3 is 1. The Balaban J connectivity index is 1.74. The number of carbonyl (C=O) groups is 1. The van der Waals surface area contributed by atoms with Gasteiger partial charge in [-0.1, -0.05) is 30.7 Å². The van der Waals surface area contributed by atoms with Crippen LogP contribution >= 0.6 is 11.6 Å². The number of aromatic nitrogens is 1. The predicted octanol–water partition coefficient (Wildman–Crippen LogP) is 8.20. The summed E-state index contributed by atoms with van der Waals surface area (Å²) in [5.41, 5.74) is 0.783. The van der Waals surface area contributed by atoms with Crippen LogP contribution in [0.3, 0.4) is 0 Å². The van der Waals surface area contributed by atoms with E-state index in [4.69, 9.17) is 30.8 Å². The van der Waals surface area contributed by atoms with Crippen molar-refractivity contribution in [1.82, 2.24) is 4.98 Å². The lowest BCUT2D eigenvalue weighted by Gasteiger charge is -2.28. The lowest BCUT2D eigenvalue weighted by Crippen LogP contribution is -2.41. The molecule has 1 N–H and O–H groups in total. The van der Waals surface area contributed by atoms with Crippen LogP contribution in [0.4, 0.5) is 13.2 Å². The number of carboxylic acid groups (broad SMARTS) is 1. The Morgan fingerprint density at radius 1 is 0.975 bits per heavy atom. The number of rotatable bonds is 9. The number of pyridine rings is 1. The number of carboxylic acids is 1. The van der Waals surface area contributed by atoms with Crippen molar-refractivity contribution in [2.45, 2.75) is 39.2 Å². The molecule has 0 radical (unpaired) electrons. The van der Waals surface area contributed by atoms with Gasteiger partial charge in [-0.2, -0.15) is 0 Å². The van der Waals surface area contributed by atoms with E-state index in [-0.39, 0.29) is 12.2 Å². The summed E-state index contributed by atoms with van der Waals surface area (Å²) in [5, 5.41) is 10.7. The minimum atomic E-state index is -4.78. The summed E-state index contributed by atoms with van der Waals surface area (Å²) in [6.45, 7) is 4.99. The van der Waals surface area contributed by atoms with Crippen molar-refractivity contribution in [3.05, 3.63) is 71.4 Å². The summed E-state index contributed by atoms with van der Waals surface area (Å²) in [4.78, 5) is 16.8. The van der Waals surface area contributed by atoms with E-state index in [1.54, 1.807) is 50.2 Å². The average Bonchev–Trinajstić information content (AvgIpc) is 2.89. The first kappa shape index (κ1) is 28.8. The minimum Gasteiger partial charge on any atom is -0.495 e. The van der Waals surface area contributed by atoms with E-state index in [2.05, 4.69) is 4.74 Å². The van der Waals surface area contributed by atoms with Crippen molar-refractivity contribution in [1.29, 1.82) is 0 Å². The Bertz CT molecular complexity index is 1540. The number of halogens is 4. The lowest BCUT2D eigenvalue weighted by molar-refractivity contribution is -0.274. The van der Waals surface area contributed by atoms with Crippen LogP contribution in [0.15, 0.2) is 60.7 Å². The molecule has 1 atom stereocenters. The third kappa shape index (κ3) is 6.17. The van der Waals surface area contributed by atoms with E-state index in [1.165, 1.54) is 26.2 Å². The van der Waals surface area contributed by atoms with Crippen molar-refractivity contribution in [3.63, 3.8) is 0 Å². The third-order valence-electron chi connectivity index (χ3n) is 6.28. The molecular weight excluding hydrogens is 551 g/mol. The SMILES string of the molecule is CCC(C)(Oc1c(-c2ccc(Oc3ccc(OC(F)(F)F)cc3)cc2)c(C)nc2cc(OC)c(Cl)cc12)C(=O)O. The predicted molar refractivity (Wildman–Crippen MR) is 144 cm³/mol. The number of hydrogen-bond donors (Lipinski definition) is 1. The first-order valence-corrected chi connectivity index (χ1v) is 12.5. The highest BCUT2D eigenvalue weighted by Gasteiger charge is 2.36. The molecular formula is C29H25ClF3NO6. The first-order chi connectivity index (χ1) is 18.8. The number of ether oxygens (including phenoxy) is 4. The van der Waals surface area contributed by atoms with Crippen molar-refractivity contribution < 1.29 is 42.0 Å². The molecule has 1 unspecified atom stereocenters. The molecule has 0 aliphatic carbocycles. The summed E-state index contributed by atoms with van der Waals surface area (Å²) in [5.74, 6) is -0.0559. The number of hydrogen-bond acceptors (Lipinski definition) is 6. The Kier molecular flexibility index (Phi) is 8.02. The molecule has 1 heterocycles. The van der Waals surface area contributed by atoms with Crippen molar-refractivity contribution in [2.24, 2.45) is 0 Å². The van der Waals surface area contributed by atoms with Gasteiger partial charge in [0, 0.05) is 22.7 Å². The standard InChI is InChI=1S/C29H25ClF3NO6/c1-5-28(3,27(35)36)40-26-21-14-22(30)24(37-4)15-23(21)34-16(2)25(26)17-6-8-18(9-7-17)38-19-10-12-20(13-11-19)39-29(31,32)33/h6-15H,5H2,1-4H3,(H,35,36). The zero-order valence-corrected chi connectivity index (χ0v) is 22.7. The van der Waals surface area contributed by atoms with E-state index in [0.717, 1.165) is 12.1 Å². The number of alkyl halides is 3. The van der Waals surface area contributed by atoms with Crippen LogP contribution in [0.2, 0.25) is 5.02 Å². The van der Waals surface area contributed by atoms with Crippen molar-refractivity contribution in [2.75, 3.05) is 7.11 Å². The van der Waals surface area contributed by atoms with Gasteiger partial charge in [-0.15, -0.1) is 13.2 Å². The van der Waals surface area contributed by atoms with E-state index < -0.39 is 17.9 Å².